The highest BCUT2D eigenvalue weighted by molar-refractivity contribution is 5.82. The van der Waals surface area contributed by atoms with Gasteiger partial charge in [0.15, 0.2) is 0 Å². The van der Waals surface area contributed by atoms with Crippen molar-refractivity contribution < 1.29 is 14.3 Å². The van der Waals surface area contributed by atoms with Crippen LogP contribution < -0.4 is 4.74 Å². The molecule has 6 nitrogen and oxygen atoms in total. The zero-order valence-electron chi connectivity index (χ0n) is 14.5. The van der Waals surface area contributed by atoms with Crippen LogP contribution in [0.1, 0.15) is 43.4 Å². The largest absolute Gasteiger partial charge is 0.493 e. The summed E-state index contributed by atoms with van der Waals surface area (Å²) in [6.45, 7) is 3.63. The molecule has 1 aromatic carbocycles. The minimum Gasteiger partial charge on any atom is -0.493 e. The van der Waals surface area contributed by atoms with E-state index in [0.717, 1.165) is 43.6 Å². The summed E-state index contributed by atoms with van der Waals surface area (Å²) in [6.07, 6.45) is 4.94. The summed E-state index contributed by atoms with van der Waals surface area (Å²) in [5.41, 5.74) is 2.34. The zero-order valence-corrected chi connectivity index (χ0v) is 14.5. The summed E-state index contributed by atoms with van der Waals surface area (Å²) in [7, 11) is 0. The van der Waals surface area contributed by atoms with Gasteiger partial charge in [-0.3, -0.25) is 9.59 Å². The van der Waals surface area contributed by atoms with E-state index in [1.165, 1.54) is 5.56 Å². The van der Waals surface area contributed by atoms with Crippen molar-refractivity contribution in [3.8, 4) is 5.75 Å². The van der Waals surface area contributed by atoms with Crippen molar-refractivity contribution in [3.05, 3.63) is 29.3 Å². The maximum absolute atomic E-state index is 13.0. The maximum atomic E-state index is 13.0. The van der Waals surface area contributed by atoms with Crippen molar-refractivity contribution in [1.82, 2.24) is 9.91 Å². The van der Waals surface area contributed by atoms with Crippen LogP contribution in [0.15, 0.2) is 23.3 Å². The van der Waals surface area contributed by atoms with Gasteiger partial charge in [-0.25, -0.2) is 5.01 Å². The normalized spacial score (nSPS) is 22.8. The molecule has 0 aliphatic carbocycles. The molecule has 0 bridgehead atoms. The average molecular weight is 341 g/mol. The first kappa shape index (κ1) is 16.1. The molecule has 2 amide bonds. The summed E-state index contributed by atoms with van der Waals surface area (Å²) < 4.78 is 5.57. The number of hydrogen-bond acceptors (Lipinski definition) is 4. The van der Waals surface area contributed by atoms with E-state index >= 15 is 0 Å². The SMILES string of the molecule is CC(=O)N1CCC(C(=O)N2N=CCC2c2ccc3c(c2)CCO3)CC1. The van der Waals surface area contributed by atoms with Crippen molar-refractivity contribution in [2.75, 3.05) is 19.7 Å². The Hall–Kier alpha value is -2.37. The van der Waals surface area contributed by atoms with Crippen LogP contribution in [0.4, 0.5) is 0 Å². The summed E-state index contributed by atoms with van der Waals surface area (Å²) in [5, 5.41) is 6.02. The topological polar surface area (TPSA) is 62.2 Å². The van der Waals surface area contributed by atoms with Crippen LogP contribution >= 0.6 is 0 Å². The molecule has 3 aliphatic heterocycles. The fourth-order valence-electron chi connectivity index (χ4n) is 3.95. The lowest BCUT2D eigenvalue weighted by Gasteiger charge is -2.33. The van der Waals surface area contributed by atoms with Crippen molar-refractivity contribution in [3.63, 3.8) is 0 Å². The monoisotopic (exact) mass is 341 g/mol. The van der Waals surface area contributed by atoms with Crippen LogP contribution in [-0.4, -0.2) is 47.6 Å². The molecule has 25 heavy (non-hydrogen) atoms. The van der Waals surface area contributed by atoms with Crippen LogP contribution in [0.5, 0.6) is 5.75 Å². The molecular formula is C19H23N3O3. The number of likely N-dealkylation sites (tertiary alicyclic amines) is 1. The summed E-state index contributed by atoms with van der Waals surface area (Å²) in [6, 6.07) is 6.18. The number of carbonyl (C=O) groups excluding carboxylic acids is 2. The van der Waals surface area contributed by atoms with Gasteiger partial charge in [0.1, 0.15) is 5.75 Å². The van der Waals surface area contributed by atoms with Gasteiger partial charge in [-0.2, -0.15) is 5.10 Å². The lowest BCUT2D eigenvalue weighted by atomic mass is 9.94. The predicted octanol–water partition coefficient (Wildman–Crippen LogP) is 2.14. The van der Waals surface area contributed by atoms with Gasteiger partial charge >= 0.3 is 0 Å². The third kappa shape index (κ3) is 3.01. The Balaban J connectivity index is 1.47. The fraction of sp³-hybridized carbons (Fsp3) is 0.526. The highest BCUT2D eigenvalue weighted by Crippen LogP contribution is 2.35. The second-order valence-corrected chi connectivity index (χ2v) is 6.98. The van der Waals surface area contributed by atoms with Crippen LogP contribution in [0.2, 0.25) is 0 Å². The van der Waals surface area contributed by atoms with Gasteiger partial charge in [-0.1, -0.05) is 6.07 Å². The number of nitrogens with zero attached hydrogens (tertiary/aromatic N) is 3. The minimum atomic E-state index is -0.0499. The molecule has 3 heterocycles. The molecule has 4 rings (SSSR count). The van der Waals surface area contributed by atoms with E-state index in [4.69, 9.17) is 4.74 Å². The lowest BCUT2D eigenvalue weighted by molar-refractivity contribution is -0.141. The zero-order chi connectivity index (χ0) is 17.4. The summed E-state index contributed by atoms with van der Waals surface area (Å²) in [4.78, 5) is 26.3. The lowest BCUT2D eigenvalue weighted by Crippen LogP contribution is -2.42. The quantitative estimate of drug-likeness (QED) is 0.828. The van der Waals surface area contributed by atoms with Crippen molar-refractivity contribution in [1.29, 1.82) is 0 Å². The van der Waals surface area contributed by atoms with E-state index in [0.29, 0.717) is 13.1 Å². The molecular weight excluding hydrogens is 318 g/mol. The van der Waals surface area contributed by atoms with E-state index in [1.807, 2.05) is 23.2 Å². The Bertz CT molecular complexity index is 723. The first-order valence-electron chi connectivity index (χ1n) is 9.00. The second-order valence-electron chi connectivity index (χ2n) is 6.98. The van der Waals surface area contributed by atoms with Gasteiger partial charge in [0.2, 0.25) is 11.8 Å². The molecule has 0 spiro atoms. The fourth-order valence-corrected chi connectivity index (χ4v) is 3.95. The number of benzene rings is 1. The Kier molecular flexibility index (Phi) is 4.19. The van der Waals surface area contributed by atoms with Gasteiger partial charge < -0.3 is 9.64 Å². The van der Waals surface area contributed by atoms with Crippen LogP contribution in [-0.2, 0) is 16.0 Å². The second kappa shape index (κ2) is 6.50. The van der Waals surface area contributed by atoms with E-state index in [-0.39, 0.29) is 23.8 Å². The standard InChI is InChI=1S/C19H23N3O3/c1-13(23)21-9-5-14(6-10-21)19(24)22-17(4-8-20-22)15-2-3-18-16(12-15)7-11-25-18/h2-3,8,12,14,17H,4-7,9-11H2,1H3. The summed E-state index contributed by atoms with van der Waals surface area (Å²) >= 11 is 0. The van der Waals surface area contributed by atoms with Crippen LogP contribution in [0, 0.1) is 5.92 Å². The number of carbonyl (C=O) groups is 2. The Morgan fingerprint density at radius 3 is 2.80 bits per heavy atom. The molecule has 6 heteroatoms. The van der Waals surface area contributed by atoms with Crippen LogP contribution in [0.25, 0.3) is 0 Å². The molecule has 1 saturated heterocycles. The molecule has 3 aliphatic rings. The Morgan fingerprint density at radius 2 is 2.04 bits per heavy atom. The predicted molar refractivity (Wildman–Crippen MR) is 93.3 cm³/mol. The smallest absolute Gasteiger partial charge is 0.246 e. The van der Waals surface area contributed by atoms with Crippen molar-refractivity contribution >= 4 is 18.0 Å². The average Bonchev–Trinajstić information content (AvgIpc) is 3.29. The van der Waals surface area contributed by atoms with Gasteiger partial charge in [0.25, 0.3) is 0 Å². The van der Waals surface area contributed by atoms with E-state index < -0.39 is 0 Å². The first-order valence-corrected chi connectivity index (χ1v) is 9.00. The van der Waals surface area contributed by atoms with Gasteiger partial charge in [-0.05, 0) is 36.1 Å². The third-order valence-corrected chi connectivity index (χ3v) is 5.44. The number of hydrazone groups is 1. The molecule has 1 fully saturated rings. The van der Waals surface area contributed by atoms with Crippen LogP contribution in [0.3, 0.4) is 0 Å². The maximum Gasteiger partial charge on any atom is 0.246 e. The highest BCUT2D eigenvalue weighted by Gasteiger charge is 2.35. The van der Waals surface area contributed by atoms with Crippen molar-refractivity contribution in [2.24, 2.45) is 11.0 Å². The van der Waals surface area contributed by atoms with E-state index in [2.05, 4.69) is 11.2 Å². The molecule has 0 N–H and O–H groups in total. The highest BCUT2D eigenvalue weighted by atomic mass is 16.5. The number of fused-ring (bicyclic) bond motifs is 1. The number of piperidine rings is 1. The third-order valence-electron chi connectivity index (χ3n) is 5.44. The first-order chi connectivity index (χ1) is 12.1. The molecule has 0 aromatic heterocycles. The molecule has 1 atom stereocenters. The van der Waals surface area contributed by atoms with Gasteiger partial charge in [-0.15, -0.1) is 0 Å². The number of rotatable bonds is 2. The molecule has 1 unspecified atom stereocenters. The molecule has 132 valence electrons. The van der Waals surface area contributed by atoms with Gasteiger partial charge in [0, 0.05) is 45.0 Å². The van der Waals surface area contributed by atoms with Crippen molar-refractivity contribution in [2.45, 2.75) is 38.6 Å². The molecule has 0 radical (unpaired) electrons. The molecule has 1 aromatic rings. The van der Waals surface area contributed by atoms with Gasteiger partial charge in [0.05, 0.1) is 12.6 Å². The number of hydrogen-bond donors (Lipinski definition) is 0. The Morgan fingerprint density at radius 1 is 1.24 bits per heavy atom. The minimum absolute atomic E-state index is 0.0239. The van der Waals surface area contributed by atoms with E-state index in [9.17, 15) is 9.59 Å². The van der Waals surface area contributed by atoms with E-state index in [1.54, 1.807) is 11.9 Å². The summed E-state index contributed by atoms with van der Waals surface area (Å²) in [5.74, 6) is 1.07. The number of ether oxygens (including phenoxy) is 1. The molecule has 0 saturated carbocycles. The number of amides is 2. The Labute approximate surface area is 147 Å².